The van der Waals surface area contributed by atoms with Crippen molar-refractivity contribution in [1.82, 2.24) is 4.90 Å². The van der Waals surface area contributed by atoms with Gasteiger partial charge in [-0.05, 0) is 19.8 Å². The molecule has 1 unspecified atom stereocenters. The zero-order valence-corrected chi connectivity index (χ0v) is 14.9. The minimum atomic E-state index is -1.08. The normalized spacial score (nSPS) is 37.7. The van der Waals surface area contributed by atoms with E-state index in [2.05, 4.69) is 21.9 Å². The number of unbranched alkanes of at least 4 members (excludes halogenated alkanes) is 1. The van der Waals surface area contributed by atoms with Gasteiger partial charge in [0.05, 0.1) is 6.61 Å². The predicted octanol–water partition coefficient (Wildman–Crippen LogP) is -0.531. The van der Waals surface area contributed by atoms with E-state index < -0.39 is 30.2 Å². The summed E-state index contributed by atoms with van der Waals surface area (Å²) in [5.41, 5.74) is 6.23. The number of nitrogens with two attached hydrogens (primary N) is 1. The van der Waals surface area contributed by atoms with Crippen molar-refractivity contribution in [2.45, 2.75) is 63.3 Å². The Labute approximate surface area is 147 Å². The van der Waals surface area contributed by atoms with Crippen LogP contribution in [0.15, 0.2) is 15.0 Å². The highest BCUT2D eigenvalue weighted by Gasteiger charge is 2.50. The summed E-state index contributed by atoms with van der Waals surface area (Å²) in [5, 5.41) is 20.6. The summed E-state index contributed by atoms with van der Waals surface area (Å²) in [6, 6.07) is 0. The molecule has 1 saturated heterocycles. The molecule has 0 saturated carbocycles. The van der Waals surface area contributed by atoms with Gasteiger partial charge in [-0.3, -0.25) is 4.99 Å². The van der Waals surface area contributed by atoms with Crippen molar-refractivity contribution < 1.29 is 19.7 Å². The summed E-state index contributed by atoms with van der Waals surface area (Å²) < 4.78 is 10.9. The van der Waals surface area contributed by atoms with E-state index in [1.165, 1.54) is 7.11 Å². The molecule has 0 amide bonds. The van der Waals surface area contributed by atoms with Crippen LogP contribution in [0.2, 0.25) is 0 Å². The number of hydrogen-bond donors (Lipinski definition) is 3. The second-order valence-electron chi connectivity index (χ2n) is 6.74. The molecule has 0 aromatic heterocycles. The number of methoxy groups -OCH3 is 1. The minimum absolute atomic E-state index is 0.195. The average Bonchev–Trinajstić information content (AvgIpc) is 3.10. The third-order valence-corrected chi connectivity index (χ3v) is 4.79. The van der Waals surface area contributed by atoms with Crippen molar-refractivity contribution >= 4 is 17.4 Å². The van der Waals surface area contributed by atoms with Crippen LogP contribution in [0.1, 0.15) is 33.1 Å². The summed E-state index contributed by atoms with van der Waals surface area (Å²) in [5.74, 6) is 1.14. The first-order valence-corrected chi connectivity index (χ1v) is 8.67. The monoisotopic (exact) mass is 353 g/mol. The maximum atomic E-state index is 10.4. The number of ether oxygens (including phenoxy) is 2. The summed E-state index contributed by atoms with van der Waals surface area (Å²) in [7, 11) is 1.52. The highest BCUT2D eigenvalue weighted by atomic mass is 16.6. The van der Waals surface area contributed by atoms with Crippen LogP contribution < -0.4 is 5.73 Å². The average molecular weight is 353 g/mol. The summed E-state index contributed by atoms with van der Waals surface area (Å²) in [6.45, 7) is 4.35. The van der Waals surface area contributed by atoms with E-state index in [9.17, 15) is 10.2 Å². The number of aliphatic hydroxyl groups excluding tert-OH is 2. The van der Waals surface area contributed by atoms with Crippen LogP contribution in [0.5, 0.6) is 0 Å². The molecular weight excluding hydrogens is 326 g/mol. The molecule has 0 aromatic rings. The van der Waals surface area contributed by atoms with Gasteiger partial charge in [-0.2, -0.15) is 0 Å². The number of nitrogens with zero attached hydrogens (tertiary/aromatic N) is 4. The molecule has 0 spiro atoms. The highest BCUT2D eigenvalue weighted by molar-refractivity contribution is 6.48. The van der Waals surface area contributed by atoms with Crippen LogP contribution in [0.3, 0.4) is 0 Å². The fourth-order valence-electron chi connectivity index (χ4n) is 3.50. The number of aliphatic imine (C=N–C) groups is 3. The first-order valence-electron chi connectivity index (χ1n) is 8.67. The molecule has 0 aromatic carbocycles. The van der Waals surface area contributed by atoms with Crippen molar-refractivity contribution in [3.8, 4) is 0 Å². The lowest BCUT2D eigenvalue weighted by molar-refractivity contribution is -0.0737. The van der Waals surface area contributed by atoms with E-state index >= 15 is 0 Å². The molecular formula is C16H27N5O4. The van der Waals surface area contributed by atoms with Gasteiger partial charge in [0.2, 0.25) is 0 Å². The van der Waals surface area contributed by atoms with Gasteiger partial charge in [-0.25, -0.2) is 9.98 Å². The SMILES string of the molecule is CCCCC1(N)N=C(C)N=C2C1=NCN2[C@@H]1O[C@H](COC)[C@@H](O)[C@H]1O. The van der Waals surface area contributed by atoms with E-state index in [0.29, 0.717) is 23.8 Å². The van der Waals surface area contributed by atoms with Crippen molar-refractivity contribution in [3.63, 3.8) is 0 Å². The highest BCUT2D eigenvalue weighted by Crippen LogP contribution is 2.31. The summed E-state index contributed by atoms with van der Waals surface area (Å²) in [6.07, 6.45) is -0.860. The van der Waals surface area contributed by atoms with E-state index in [0.717, 1.165) is 12.8 Å². The van der Waals surface area contributed by atoms with Gasteiger partial charge >= 0.3 is 0 Å². The number of amidine groups is 2. The van der Waals surface area contributed by atoms with Crippen LogP contribution in [-0.2, 0) is 9.47 Å². The number of hydrogen-bond acceptors (Lipinski definition) is 9. The largest absolute Gasteiger partial charge is 0.387 e. The molecule has 0 aliphatic carbocycles. The van der Waals surface area contributed by atoms with E-state index in [-0.39, 0.29) is 13.3 Å². The Bertz CT molecular complexity index is 607. The first-order chi connectivity index (χ1) is 11.9. The molecule has 0 bridgehead atoms. The number of fused-ring (bicyclic) bond motifs is 1. The Balaban J connectivity index is 1.83. The number of rotatable bonds is 6. The van der Waals surface area contributed by atoms with Crippen LogP contribution in [0, 0.1) is 0 Å². The second-order valence-corrected chi connectivity index (χ2v) is 6.74. The van der Waals surface area contributed by atoms with Crippen LogP contribution in [-0.4, -0.2) is 83.1 Å². The number of aliphatic hydroxyl groups is 2. The molecule has 3 aliphatic rings. The molecule has 25 heavy (non-hydrogen) atoms. The quantitative estimate of drug-likeness (QED) is 0.589. The Morgan fingerprint density at radius 2 is 2.16 bits per heavy atom. The standard InChI is InChI=1S/C16H27N5O4/c1-4-5-6-16(17)13-14(19-9(2)20-16)21(8-18-13)15-12(23)11(22)10(25-15)7-24-3/h10-12,15,22-23H,4-8,17H2,1-3H3/t10-,11-,12-,15-,16?/m1/s1. The maximum absolute atomic E-state index is 10.4. The van der Waals surface area contributed by atoms with Gasteiger partial charge in [-0.15, -0.1) is 0 Å². The molecule has 4 N–H and O–H groups in total. The molecule has 9 heteroatoms. The fraction of sp³-hybridized carbons (Fsp3) is 0.812. The van der Waals surface area contributed by atoms with Crippen molar-refractivity contribution in [2.24, 2.45) is 20.7 Å². The van der Waals surface area contributed by atoms with Gasteiger partial charge in [0.1, 0.15) is 36.5 Å². The zero-order valence-electron chi connectivity index (χ0n) is 14.9. The Morgan fingerprint density at radius 3 is 2.84 bits per heavy atom. The lowest BCUT2D eigenvalue weighted by Gasteiger charge is -2.33. The Kier molecular flexibility index (Phi) is 5.21. The summed E-state index contributed by atoms with van der Waals surface area (Å²) >= 11 is 0. The van der Waals surface area contributed by atoms with Crippen molar-refractivity contribution in [2.75, 3.05) is 20.4 Å². The van der Waals surface area contributed by atoms with Gasteiger partial charge in [0.15, 0.2) is 17.7 Å². The van der Waals surface area contributed by atoms with E-state index in [4.69, 9.17) is 15.2 Å². The molecule has 9 nitrogen and oxygen atoms in total. The van der Waals surface area contributed by atoms with Gasteiger partial charge < -0.3 is 30.3 Å². The molecule has 140 valence electrons. The maximum Gasteiger partial charge on any atom is 0.162 e. The lowest BCUT2D eigenvalue weighted by atomic mass is 9.96. The van der Waals surface area contributed by atoms with Gasteiger partial charge in [-0.1, -0.05) is 13.3 Å². The van der Waals surface area contributed by atoms with Crippen molar-refractivity contribution in [1.29, 1.82) is 0 Å². The fourth-order valence-corrected chi connectivity index (χ4v) is 3.50. The topological polar surface area (TPSA) is 125 Å². The van der Waals surface area contributed by atoms with Gasteiger partial charge in [0, 0.05) is 7.11 Å². The van der Waals surface area contributed by atoms with E-state index in [1.54, 1.807) is 11.8 Å². The minimum Gasteiger partial charge on any atom is -0.387 e. The molecule has 3 aliphatic heterocycles. The van der Waals surface area contributed by atoms with Crippen molar-refractivity contribution in [3.05, 3.63) is 0 Å². The smallest absolute Gasteiger partial charge is 0.162 e. The Morgan fingerprint density at radius 1 is 1.40 bits per heavy atom. The van der Waals surface area contributed by atoms with Crippen LogP contribution in [0.25, 0.3) is 0 Å². The first kappa shape index (κ1) is 18.4. The predicted molar refractivity (Wildman–Crippen MR) is 93.7 cm³/mol. The molecule has 3 heterocycles. The van der Waals surface area contributed by atoms with Gasteiger partial charge in [0.25, 0.3) is 0 Å². The second kappa shape index (κ2) is 7.08. The molecule has 5 atom stereocenters. The molecule has 1 fully saturated rings. The van der Waals surface area contributed by atoms with Crippen LogP contribution >= 0.6 is 0 Å². The molecule has 0 radical (unpaired) electrons. The van der Waals surface area contributed by atoms with Crippen LogP contribution in [0.4, 0.5) is 0 Å². The van der Waals surface area contributed by atoms with E-state index in [1.807, 2.05) is 0 Å². The molecule has 3 rings (SSSR count). The third-order valence-electron chi connectivity index (χ3n) is 4.79. The zero-order chi connectivity index (χ0) is 18.2. The lowest BCUT2D eigenvalue weighted by Crippen LogP contribution is -2.56. The Hall–Kier alpha value is -1.39. The summed E-state index contributed by atoms with van der Waals surface area (Å²) in [4.78, 5) is 15.3. The third kappa shape index (κ3) is 3.22.